The van der Waals surface area contributed by atoms with Crippen LogP contribution in [0.3, 0.4) is 0 Å². The van der Waals surface area contributed by atoms with Crippen LogP contribution >= 0.6 is 11.8 Å². The van der Waals surface area contributed by atoms with E-state index in [1.54, 1.807) is 21.3 Å². The van der Waals surface area contributed by atoms with E-state index in [2.05, 4.69) is 4.98 Å². The number of aromatic nitrogens is 2. The van der Waals surface area contributed by atoms with Gasteiger partial charge in [-0.25, -0.2) is 9.78 Å². The van der Waals surface area contributed by atoms with Crippen LogP contribution in [0, 0.1) is 5.92 Å². The number of carbonyl (C=O) groups is 2. The molecule has 0 saturated carbocycles. The zero-order chi connectivity index (χ0) is 17.1. The molecule has 8 nitrogen and oxygen atoms in total. The average Bonchev–Trinajstić information content (AvgIpc) is 2.61. The van der Waals surface area contributed by atoms with E-state index < -0.39 is 0 Å². The molecule has 2 aliphatic rings. The van der Waals surface area contributed by atoms with Crippen molar-refractivity contribution in [3.63, 3.8) is 0 Å². The lowest BCUT2D eigenvalue weighted by Crippen LogP contribution is -2.53. The number of amides is 2. The first-order valence-corrected chi connectivity index (χ1v) is 8.98. The Morgan fingerprint density at radius 3 is 2.71 bits per heavy atom. The van der Waals surface area contributed by atoms with Crippen LogP contribution in [-0.4, -0.2) is 69.9 Å². The fraction of sp³-hybridized carbons (Fsp3) is 0.600. The molecule has 130 valence electrons. The molecule has 3 heterocycles. The first kappa shape index (κ1) is 16.8. The van der Waals surface area contributed by atoms with E-state index in [9.17, 15) is 14.4 Å². The highest BCUT2D eigenvalue weighted by Crippen LogP contribution is 2.26. The maximum Gasteiger partial charge on any atom is 0.409 e. The van der Waals surface area contributed by atoms with Crippen molar-refractivity contribution in [1.29, 1.82) is 0 Å². The van der Waals surface area contributed by atoms with Crippen molar-refractivity contribution in [2.24, 2.45) is 5.92 Å². The molecule has 0 aromatic carbocycles. The highest BCUT2D eigenvalue weighted by Gasteiger charge is 2.32. The minimum atomic E-state index is -0.329. The first-order chi connectivity index (χ1) is 11.6. The fourth-order valence-electron chi connectivity index (χ4n) is 2.88. The largest absolute Gasteiger partial charge is 0.450 e. The Morgan fingerprint density at radius 2 is 2.00 bits per heavy atom. The minimum Gasteiger partial charge on any atom is -0.450 e. The van der Waals surface area contributed by atoms with E-state index in [1.807, 2.05) is 0 Å². The number of rotatable bonds is 2. The predicted molar refractivity (Wildman–Crippen MR) is 87.9 cm³/mol. The number of ether oxygens (including phenoxy) is 1. The number of hydrogen-bond acceptors (Lipinski definition) is 6. The molecule has 2 amide bonds. The third kappa shape index (κ3) is 3.40. The maximum absolute atomic E-state index is 12.7. The molecular formula is C15H20N4O4S. The van der Waals surface area contributed by atoms with Gasteiger partial charge in [0.15, 0.2) is 5.16 Å². The Morgan fingerprint density at radius 1 is 1.29 bits per heavy atom. The molecule has 24 heavy (non-hydrogen) atoms. The van der Waals surface area contributed by atoms with Gasteiger partial charge in [0.1, 0.15) is 0 Å². The molecule has 1 aromatic heterocycles. The molecule has 2 aliphatic heterocycles. The van der Waals surface area contributed by atoms with Crippen molar-refractivity contribution < 1.29 is 14.3 Å². The summed E-state index contributed by atoms with van der Waals surface area (Å²) in [7, 11) is 0. The third-order valence-corrected chi connectivity index (χ3v) is 5.34. The van der Waals surface area contributed by atoms with Gasteiger partial charge in [-0.05, 0) is 6.92 Å². The van der Waals surface area contributed by atoms with E-state index in [0.29, 0.717) is 50.2 Å². The average molecular weight is 352 g/mol. The minimum absolute atomic E-state index is 0.0346. The number of piperazine rings is 1. The lowest BCUT2D eigenvalue weighted by Gasteiger charge is -2.36. The zero-order valence-corrected chi connectivity index (χ0v) is 14.3. The smallest absolute Gasteiger partial charge is 0.409 e. The quantitative estimate of drug-likeness (QED) is 0.710. The molecule has 1 aromatic rings. The van der Waals surface area contributed by atoms with Crippen LogP contribution in [0.4, 0.5) is 4.79 Å². The fourth-order valence-corrected chi connectivity index (χ4v) is 3.94. The molecule has 3 rings (SSSR count). The summed E-state index contributed by atoms with van der Waals surface area (Å²) in [5.74, 6) is 0.416. The van der Waals surface area contributed by atoms with Crippen molar-refractivity contribution in [3.05, 3.63) is 22.6 Å². The van der Waals surface area contributed by atoms with Gasteiger partial charge in [-0.2, -0.15) is 0 Å². The SMILES string of the molecule is CCOC(=O)N1CCN(C(=O)C2CSc3nccc(=O)n3C2)CC1. The lowest BCUT2D eigenvalue weighted by atomic mass is 10.1. The zero-order valence-electron chi connectivity index (χ0n) is 13.5. The number of fused-ring (bicyclic) bond motifs is 1. The molecule has 9 heteroatoms. The molecule has 1 fully saturated rings. The van der Waals surface area contributed by atoms with Gasteiger partial charge in [-0.15, -0.1) is 0 Å². The van der Waals surface area contributed by atoms with E-state index in [-0.39, 0.29) is 23.5 Å². The molecule has 0 bridgehead atoms. The van der Waals surface area contributed by atoms with Gasteiger partial charge >= 0.3 is 6.09 Å². The van der Waals surface area contributed by atoms with Crippen molar-refractivity contribution in [2.45, 2.75) is 18.6 Å². The van der Waals surface area contributed by atoms with Crippen LogP contribution in [0.5, 0.6) is 0 Å². The molecule has 1 unspecified atom stereocenters. The number of thioether (sulfide) groups is 1. The first-order valence-electron chi connectivity index (χ1n) is 7.99. The standard InChI is InChI=1S/C15H20N4O4S/c1-2-23-15(22)18-7-5-17(6-8-18)13(21)11-9-19-12(20)3-4-16-14(19)24-10-11/h3-4,11H,2,5-10H2,1H3. The molecule has 1 saturated heterocycles. The normalized spacial score (nSPS) is 20.5. The van der Waals surface area contributed by atoms with Gasteiger partial charge in [0.2, 0.25) is 5.91 Å². The van der Waals surface area contributed by atoms with Gasteiger partial charge in [0, 0.05) is 50.7 Å². The van der Waals surface area contributed by atoms with Crippen LogP contribution in [0.1, 0.15) is 6.92 Å². The summed E-state index contributed by atoms with van der Waals surface area (Å²) in [6.07, 6.45) is 1.17. The second kappa shape index (κ2) is 7.25. The molecule has 0 radical (unpaired) electrons. The second-order valence-electron chi connectivity index (χ2n) is 5.70. The molecular weight excluding hydrogens is 332 g/mol. The highest BCUT2D eigenvalue weighted by atomic mass is 32.2. The Bertz CT molecular complexity index is 684. The topological polar surface area (TPSA) is 84.7 Å². The predicted octanol–water partition coefficient (Wildman–Crippen LogP) is 0.266. The van der Waals surface area contributed by atoms with Crippen LogP contribution in [0.2, 0.25) is 0 Å². The summed E-state index contributed by atoms with van der Waals surface area (Å²) < 4.78 is 6.54. The lowest BCUT2D eigenvalue weighted by molar-refractivity contribution is -0.137. The van der Waals surface area contributed by atoms with Gasteiger partial charge in [0.05, 0.1) is 12.5 Å². The Labute approximate surface area is 143 Å². The van der Waals surface area contributed by atoms with E-state index in [4.69, 9.17) is 4.74 Å². The number of hydrogen-bond donors (Lipinski definition) is 0. The van der Waals surface area contributed by atoms with Crippen LogP contribution in [0.25, 0.3) is 0 Å². The number of carbonyl (C=O) groups excluding carboxylic acids is 2. The van der Waals surface area contributed by atoms with Crippen LogP contribution in [0.15, 0.2) is 22.2 Å². The Kier molecular flexibility index (Phi) is 5.08. The van der Waals surface area contributed by atoms with Crippen molar-refractivity contribution in [1.82, 2.24) is 19.4 Å². The summed E-state index contributed by atoms with van der Waals surface area (Å²) in [5, 5.41) is 0.665. The summed E-state index contributed by atoms with van der Waals surface area (Å²) in [5.41, 5.74) is -0.128. The van der Waals surface area contributed by atoms with Crippen molar-refractivity contribution in [2.75, 3.05) is 38.5 Å². The maximum atomic E-state index is 12.7. The van der Waals surface area contributed by atoms with E-state index in [1.165, 1.54) is 24.0 Å². The molecule has 1 atom stereocenters. The van der Waals surface area contributed by atoms with Gasteiger partial charge < -0.3 is 14.5 Å². The second-order valence-corrected chi connectivity index (χ2v) is 6.68. The van der Waals surface area contributed by atoms with E-state index in [0.717, 1.165) is 0 Å². The van der Waals surface area contributed by atoms with Crippen molar-refractivity contribution in [3.8, 4) is 0 Å². The monoisotopic (exact) mass is 352 g/mol. The Balaban J connectivity index is 1.60. The van der Waals surface area contributed by atoms with Gasteiger partial charge in [0.25, 0.3) is 5.56 Å². The molecule has 0 N–H and O–H groups in total. The molecule has 0 spiro atoms. The number of nitrogens with zero attached hydrogens (tertiary/aromatic N) is 4. The van der Waals surface area contributed by atoms with Crippen LogP contribution < -0.4 is 5.56 Å². The van der Waals surface area contributed by atoms with Crippen molar-refractivity contribution >= 4 is 23.8 Å². The summed E-state index contributed by atoms with van der Waals surface area (Å²) in [6, 6.07) is 1.41. The summed E-state index contributed by atoms with van der Waals surface area (Å²) in [6.45, 7) is 4.42. The van der Waals surface area contributed by atoms with Gasteiger partial charge in [-0.3, -0.25) is 14.2 Å². The Hall–Kier alpha value is -2.03. The van der Waals surface area contributed by atoms with Crippen LogP contribution in [-0.2, 0) is 16.1 Å². The van der Waals surface area contributed by atoms with E-state index >= 15 is 0 Å². The third-order valence-electron chi connectivity index (χ3n) is 4.18. The summed E-state index contributed by atoms with van der Waals surface area (Å²) in [4.78, 5) is 43.9. The summed E-state index contributed by atoms with van der Waals surface area (Å²) >= 11 is 1.44. The molecule has 0 aliphatic carbocycles. The highest BCUT2D eigenvalue weighted by molar-refractivity contribution is 7.99. The van der Waals surface area contributed by atoms with Gasteiger partial charge in [-0.1, -0.05) is 11.8 Å².